The van der Waals surface area contributed by atoms with Crippen LogP contribution in [0, 0.1) is 0 Å². The van der Waals surface area contributed by atoms with Crippen molar-refractivity contribution in [3.05, 3.63) is 97.3 Å². The summed E-state index contributed by atoms with van der Waals surface area (Å²) in [5.74, 6) is -1.01. The first-order valence-electron chi connectivity index (χ1n) is 9.74. The molecule has 0 radical (unpaired) electrons. The molecule has 1 unspecified atom stereocenters. The van der Waals surface area contributed by atoms with E-state index in [1.807, 2.05) is 12.1 Å². The molecule has 0 saturated heterocycles. The average molecular weight is 522 g/mol. The number of halogens is 4. The number of benzene rings is 2. The molecule has 168 valence electrons. The predicted octanol–water partition coefficient (Wildman–Crippen LogP) is 7.32. The van der Waals surface area contributed by atoms with Crippen molar-refractivity contribution in [3.63, 3.8) is 0 Å². The zero-order chi connectivity index (χ0) is 23.7. The maximum absolute atomic E-state index is 12.1. The fraction of sp³-hybridized carbons (Fsp3) is 0.125. The van der Waals surface area contributed by atoms with Crippen LogP contribution in [0.5, 0.6) is 5.75 Å². The van der Waals surface area contributed by atoms with Gasteiger partial charge in [0, 0.05) is 28.7 Å². The number of hydrogen-bond acceptors (Lipinski definition) is 4. The summed E-state index contributed by atoms with van der Waals surface area (Å²) in [5.41, 5.74) is 2.62. The van der Waals surface area contributed by atoms with Crippen molar-refractivity contribution in [2.45, 2.75) is 12.3 Å². The maximum atomic E-state index is 12.1. The molecule has 0 aliphatic heterocycles. The summed E-state index contributed by atoms with van der Waals surface area (Å²) in [6.45, 7) is 0. The third-order valence-electron chi connectivity index (χ3n) is 5.40. The molecule has 0 saturated carbocycles. The highest BCUT2D eigenvalue weighted by Gasteiger charge is 2.26. The van der Waals surface area contributed by atoms with Gasteiger partial charge < -0.3 is 9.84 Å². The van der Waals surface area contributed by atoms with Gasteiger partial charge in [0.15, 0.2) is 0 Å². The van der Waals surface area contributed by atoms with Crippen LogP contribution in [0.15, 0.2) is 54.9 Å². The number of nitrogens with zero attached hydrogens (tertiary/aromatic N) is 2. The van der Waals surface area contributed by atoms with Crippen molar-refractivity contribution in [1.82, 2.24) is 9.97 Å². The van der Waals surface area contributed by atoms with Gasteiger partial charge in [0.2, 0.25) is 0 Å². The minimum atomic E-state index is -1.07. The number of methoxy groups -OCH3 is 1. The largest absolute Gasteiger partial charge is 0.494 e. The van der Waals surface area contributed by atoms with E-state index >= 15 is 0 Å². The Morgan fingerprint density at radius 2 is 1.73 bits per heavy atom. The van der Waals surface area contributed by atoms with Crippen LogP contribution in [-0.4, -0.2) is 28.2 Å². The first kappa shape index (κ1) is 23.6. The molecular formula is C24H16Cl4N2O3. The van der Waals surface area contributed by atoms with E-state index in [0.717, 1.165) is 10.9 Å². The maximum Gasteiger partial charge on any atom is 0.335 e. The highest BCUT2D eigenvalue weighted by molar-refractivity contribution is 6.35. The Hall–Kier alpha value is -2.57. The Balaban J connectivity index is 2.03. The smallest absolute Gasteiger partial charge is 0.335 e. The summed E-state index contributed by atoms with van der Waals surface area (Å²) in [7, 11) is 1.55. The van der Waals surface area contributed by atoms with E-state index < -0.39 is 11.9 Å². The Morgan fingerprint density at radius 3 is 2.39 bits per heavy atom. The Bertz CT molecular complexity index is 1360. The topological polar surface area (TPSA) is 72.3 Å². The SMILES string of the molecule is COc1ccc(C(Cc2c(Cl)cncc2Cl)c2cc(Cl)ccc2C(=O)O)c2ccc(Cl)nc12. The van der Waals surface area contributed by atoms with Crippen molar-refractivity contribution in [2.24, 2.45) is 0 Å². The molecule has 0 aliphatic carbocycles. The molecule has 0 amide bonds. The lowest BCUT2D eigenvalue weighted by Crippen LogP contribution is -2.13. The summed E-state index contributed by atoms with van der Waals surface area (Å²) >= 11 is 25.3. The van der Waals surface area contributed by atoms with Gasteiger partial charge in [-0.3, -0.25) is 4.98 Å². The summed E-state index contributed by atoms with van der Waals surface area (Å²) in [6, 6.07) is 11.8. The number of carbonyl (C=O) groups is 1. The van der Waals surface area contributed by atoms with Gasteiger partial charge >= 0.3 is 5.97 Å². The van der Waals surface area contributed by atoms with E-state index in [1.54, 1.807) is 31.4 Å². The molecule has 4 aromatic rings. The van der Waals surface area contributed by atoms with Crippen LogP contribution in [-0.2, 0) is 6.42 Å². The number of carboxylic acids is 1. The van der Waals surface area contributed by atoms with Crippen LogP contribution < -0.4 is 4.74 Å². The Kier molecular flexibility index (Phi) is 6.96. The molecule has 2 aromatic heterocycles. The summed E-state index contributed by atoms with van der Waals surface area (Å²) in [4.78, 5) is 20.6. The van der Waals surface area contributed by atoms with E-state index in [0.29, 0.717) is 49.0 Å². The van der Waals surface area contributed by atoms with Crippen molar-refractivity contribution in [1.29, 1.82) is 0 Å². The van der Waals surface area contributed by atoms with Crippen LogP contribution >= 0.6 is 46.4 Å². The molecule has 0 aliphatic rings. The Labute approximate surface area is 209 Å². The second kappa shape index (κ2) is 9.74. The number of aromatic carboxylic acids is 1. The quantitative estimate of drug-likeness (QED) is 0.269. The van der Waals surface area contributed by atoms with Gasteiger partial charge in [-0.25, -0.2) is 9.78 Å². The normalized spacial score (nSPS) is 12.0. The highest BCUT2D eigenvalue weighted by Crippen LogP contribution is 2.40. The van der Waals surface area contributed by atoms with Gasteiger partial charge in [0.05, 0.1) is 22.7 Å². The van der Waals surface area contributed by atoms with Gasteiger partial charge in [-0.15, -0.1) is 0 Å². The van der Waals surface area contributed by atoms with Crippen molar-refractivity contribution < 1.29 is 14.6 Å². The molecule has 1 N–H and O–H groups in total. The van der Waals surface area contributed by atoms with Gasteiger partial charge in [-0.05, 0) is 59.5 Å². The first-order valence-corrected chi connectivity index (χ1v) is 11.2. The van der Waals surface area contributed by atoms with Crippen molar-refractivity contribution in [3.8, 4) is 5.75 Å². The lowest BCUT2D eigenvalue weighted by Gasteiger charge is -2.23. The lowest BCUT2D eigenvalue weighted by molar-refractivity contribution is 0.0695. The molecule has 0 spiro atoms. The van der Waals surface area contributed by atoms with E-state index in [-0.39, 0.29) is 5.56 Å². The average Bonchev–Trinajstić information content (AvgIpc) is 2.78. The van der Waals surface area contributed by atoms with Crippen LogP contribution in [0.2, 0.25) is 20.2 Å². The van der Waals surface area contributed by atoms with E-state index in [2.05, 4.69) is 9.97 Å². The number of pyridine rings is 2. The number of fused-ring (bicyclic) bond motifs is 1. The van der Waals surface area contributed by atoms with Crippen LogP contribution in [0.25, 0.3) is 10.9 Å². The minimum absolute atomic E-state index is 0.122. The summed E-state index contributed by atoms with van der Waals surface area (Å²) in [5, 5.41) is 12.1. The van der Waals surface area contributed by atoms with Crippen LogP contribution in [0.3, 0.4) is 0 Å². The summed E-state index contributed by atoms with van der Waals surface area (Å²) in [6.07, 6.45) is 3.30. The number of carboxylic acid groups (broad SMARTS) is 1. The van der Waals surface area contributed by atoms with Gasteiger partial charge in [0.1, 0.15) is 16.4 Å². The van der Waals surface area contributed by atoms with E-state index in [9.17, 15) is 9.90 Å². The van der Waals surface area contributed by atoms with Gasteiger partial charge in [0.25, 0.3) is 0 Å². The molecule has 0 bridgehead atoms. The predicted molar refractivity (Wildman–Crippen MR) is 132 cm³/mol. The molecule has 4 rings (SSSR count). The molecule has 1 atom stereocenters. The highest BCUT2D eigenvalue weighted by atomic mass is 35.5. The third-order valence-corrected chi connectivity index (χ3v) is 6.49. The van der Waals surface area contributed by atoms with Crippen LogP contribution in [0.4, 0.5) is 0 Å². The van der Waals surface area contributed by atoms with E-state index in [1.165, 1.54) is 18.5 Å². The van der Waals surface area contributed by atoms with Crippen molar-refractivity contribution in [2.75, 3.05) is 7.11 Å². The molecule has 5 nitrogen and oxygen atoms in total. The summed E-state index contributed by atoms with van der Waals surface area (Å²) < 4.78 is 5.47. The standard InChI is InChI=1S/C24H16Cl4N2O3/c1-33-21-6-4-13(14-5-7-22(28)30-23(14)21)17(9-18-19(26)10-29-11-20(18)27)16-8-12(25)2-3-15(16)24(31)32/h2-8,10-11,17H,9H2,1H3,(H,31,32). The number of ether oxygens (including phenoxy) is 1. The van der Waals surface area contributed by atoms with Crippen molar-refractivity contribution >= 4 is 63.3 Å². The Morgan fingerprint density at radius 1 is 1.00 bits per heavy atom. The molecule has 0 fully saturated rings. The molecular weight excluding hydrogens is 506 g/mol. The zero-order valence-corrected chi connectivity index (χ0v) is 20.2. The molecule has 33 heavy (non-hydrogen) atoms. The second-order valence-electron chi connectivity index (χ2n) is 7.26. The first-order chi connectivity index (χ1) is 15.8. The molecule has 2 aromatic carbocycles. The fourth-order valence-corrected chi connectivity index (χ4v) is 4.75. The second-order valence-corrected chi connectivity index (χ2v) is 8.90. The number of aromatic nitrogens is 2. The monoisotopic (exact) mass is 520 g/mol. The number of rotatable bonds is 6. The lowest BCUT2D eigenvalue weighted by atomic mass is 9.82. The fourth-order valence-electron chi connectivity index (χ4n) is 3.90. The molecule has 2 heterocycles. The van der Waals surface area contributed by atoms with Gasteiger partial charge in [-0.1, -0.05) is 52.5 Å². The van der Waals surface area contributed by atoms with E-state index in [4.69, 9.17) is 51.1 Å². The molecule has 9 heteroatoms. The number of hydrogen-bond donors (Lipinski definition) is 1. The minimum Gasteiger partial charge on any atom is -0.494 e. The zero-order valence-electron chi connectivity index (χ0n) is 17.2. The van der Waals surface area contributed by atoms with Gasteiger partial charge in [-0.2, -0.15) is 0 Å². The van der Waals surface area contributed by atoms with Crippen LogP contribution in [0.1, 0.15) is 33.0 Å². The third kappa shape index (κ3) is 4.73.